The van der Waals surface area contributed by atoms with E-state index in [2.05, 4.69) is 30.6 Å². The fourth-order valence-corrected chi connectivity index (χ4v) is 3.35. The highest BCUT2D eigenvalue weighted by Crippen LogP contribution is 2.31. The second kappa shape index (κ2) is 8.11. The maximum atomic E-state index is 12.1. The third-order valence-electron chi connectivity index (χ3n) is 4.77. The molecule has 0 aliphatic carbocycles. The first-order chi connectivity index (χ1) is 14.4. The Hall–Kier alpha value is -3.46. The zero-order valence-electron chi connectivity index (χ0n) is 16.8. The molecule has 0 unspecified atom stereocenters. The van der Waals surface area contributed by atoms with Crippen LogP contribution in [0, 0.1) is 0 Å². The summed E-state index contributed by atoms with van der Waals surface area (Å²) in [5.41, 5.74) is 2.85. The number of aromatic nitrogens is 5. The molecule has 0 aliphatic rings. The number of likely N-dealkylation sites (N-methyl/N-ethyl adjacent to an activating group) is 1. The number of anilines is 2. The Morgan fingerprint density at radius 1 is 1.23 bits per heavy atom. The minimum absolute atomic E-state index is 0.0578. The second-order valence-electron chi connectivity index (χ2n) is 7.07. The van der Waals surface area contributed by atoms with E-state index in [0.717, 1.165) is 16.5 Å². The quantitative estimate of drug-likeness (QED) is 0.435. The van der Waals surface area contributed by atoms with Crippen molar-refractivity contribution < 1.29 is 4.79 Å². The Bertz CT molecular complexity index is 1220. The van der Waals surface area contributed by atoms with E-state index in [9.17, 15) is 4.79 Å². The number of carbonyl (C=O) groups excluding carboxylic acids is 1. The number of para-hydroxylation sites is 1. The van der Waals surface area contributed by atoms with Gasteiger partial charge in [-0.05, 0) is 19.1 Å². The first-order valence-electron chi connectivity index (χ1n) is 9.38. The zero-order valence-corrected chi connectivity index (χ0v) is 17.5. The lowest BCUT2D eigenvalue weighted by Crippen LogP contribution is -2.29. The van der Waals surface area contributed by atoms with Crippen LogP contribution in [-0.2, 0) is 4.79 Å². The van der Waals surface area contributed by atoms with Crippen LogP contribution in [0.3, 0.4) is 0 Å². The lowest BCUT2D eigenvalue weighted by Gasteiger charge is -2.20. The van der Waals surface area contributed by atoms with Crippen molar-refractivity contribution in [1.82, 2.24) is 29.8 Å². The molecule has 4 rings (SSSR count). The SMILES string of the molecule is C[C@H](Nc1ncnc2nc[nH]c12)c1cc2cccc(Cl)c2nc1NCC(=O)N(C)C. The number of benzene rings is 1. The van der Waals surface area contributed by atoms with Gasteiger partial charge < -0.3 is 20.5 Å². The van der Waals surface area contributed by atoms with Crippen molar-refractivity contribution >= 4 is 51.2 Å². The van der Waals surface area contributed by atoms with Gasteiger partial charge in [-0.1, -0.05) is 23.7 Å². The van der Waals surface area contributed by atoms with Crippen molar-refractivity contribution in [1.29, 1.82) is 0 Å². The van der Waals surface area contributed by atoms with E-state index < -0.39 is 0 Å². The van der Waals surface area contributed by atoms with Crippen molar-refractivity contribution in [3.05, 3.63) is 47.5 Å². The lowest BCUT2D eigenvalue weighted by molar-refractivity contribution is -0.126. The van der Waals surface area contributed by atoms with Crippen molar-refractivity contribution in [2.45, 2.75) is 13.0 Å². The van der Waals surface area contributed by atoms with Gasteiger partial charge in [0.2, 0.25) is 5.91 Å². The monoisotopic (exact) mass is 424 g/mol. The van der Waals surface area contributed by atoms with Gasteiger partial charge in [-0.15, -0.1) is 0 Å². The van der Waals surface area contributed by atoms with Gasteiger partial charge in [-0.25, -0.2) is 19.9 Å². The number of fused-ring (bicyclic) bond motifs is 2. The average molecular weight is 425 g/mol. The average Bonchev–Trinajstić information content (AvgIpc) is 3.21. The summed E-state index contributed by atoms with van der Waals surface area (Å²) >= 11 is 6.35. The predicted octanol–water partition coefficient (Wildman–Crippen LogP) is 3.23. The van der Waals surface area contributed by atoms with Gasteiger partial charge in [0.1, 0.15) is 17.7 Å². The van der Waals surface area contributed by atoms with Crippen LogP contribution in [0.1, 0.15) is 18.5 Å². The van der Waals surface area contributed by atoms with Crippen molar-refractivity contribution in [2.75, 3.05) is 31.3 Å². The van der Waals surface area contributed by atoms with Gasteiger partial charge in [0, 0.05) is 25.0 Å². The molecule has 0 aliphatic heterocycles. The highest BCUT2D eigenvalue weighted by atomic mass is 35.5. The number of imidazole rings is 1. The van der Waals surface area contributed by atoms with Crippen LogP contribution >= 0.6 is 11.6 Å². The number of carbonyl (C=O) groups is 1. The van der Waals surface area contributed by atoms with Gasteiger partial charge in [0.15, 0.2) is 11.5 Å². The van der Waals surface area contributed by atoms with E-state index in [1.54, 1.807) is 26.5 Å². The summed E-state index contributed by atoms with van der Waals surface area (Å²) < 4.78 is 0. The van der Waals surface area contributed by atoms with E-state index in [-0.39, 0.29) is 18.5 Å². The number of pyridine rings is 1. The Morgan fingerprint density at radius 2 is 2.07 bits per heavy atom. The third kappa shape index (κ3) is 3.84. The zero-order chi connectivity index (χ0) is 21.3. The fourth-order valence-electron chi connectivity index (χ4n) is 3.13. The lowest BCUT2D eigenvalue weighted by atomic mass is 10.1. The summed E-state index contributed by atoms with van der Waals surface area (Å²) in [6, 6.07) is 7.47. The number of amides is 1. The van der Waals surface area contributed by atoms with Crippen LogP contribution in [0.4, 0.5) is 11.6 Å². The van der Waals surface area contributed by atoms with Crippen LogP contribution in [-0.4, -0.2) is 56.4 Å². The van der Waals surface area contributed by atoms with Gasteiger partial charge in [0.25, 0.3) is 0 Å². The van der Waals surface area contributed by atoms with Crippen LogP contribution in [0.25, 0.3) is 22.1 Å². The molecule has 0 radical (unpaired) electrons. The number of halogens is 1. The number of nitrogens with zero attached hydrogens (tertiary/aromatic N) is 5. The molecule has 3 N–H and O–H groups in total. The maximum Gasteiger partial charge on any atom is 0.241 e. The molecule has 3 heterocycles. The van der Waals surface area contributed by atoms with Crippen LogP contribution in [0.5, 0.6) is 0 Å². The van der Waals surface area contributed by atoms with Crippen molar-refractivity contribution in [3.8, 4) is 0 Å². The first-order valence-corrected chi connectivity index (χ1v) is 9.75. The smallest absolute Gasteiger partial charge is 0.241 e. The summed E-state index contributed by atoms with van der Waals surface area (Å²) in [4.78, 5) is 34.0. The summed E-state index contributed by atoms with van der Waals surface area (Å²) in [6.45, 7) is 2.12. The Labute approximate surface area is 177 Å². The number of rotatable bonds is 6. The van der Waals surface area contributed by atoms with Crippen LogP contribution in [0.2, 0.25) is 5.02 Å². The summed E-state index contributed by atoms with van der Waals surface area (Å²) in [5, 5.41) is 8.01. The Morgan fingerprint density at radius 3 is 2.87 bits per heavy atom. The van der Waals surface area contributed by atoms with Gasteiger partial charge in [0.05, 0.1) is 29.5 Å². The number of hydrogen-bond acceptors (Lipinski definition) is 7. The molecule has 10 heteroatoms. The number of H-pyrrole nitrogens is 1. The molecule has 4 aromatic rings. The van der Waals surface area contributed by atoms with Gasteiger partial charge in [-0.2, -0.15) is 0 Å². The molecule has 0 spiro atoms. The van der Waals surface area contributed by atoms with Crippen molar-refractivity contribution in [3.63, 3.8) is 0 Å². The molecule has 0 bridgehead atoms. The number of nitrogens with one attached hydrogen (secondary N) is 3. The van der Waals surface area contributed by atoms with Gasteiger partial charge >= 0.3 is 0 Å². The summed E-state index contributed by atoms with van der Waals surface area (Å²) in [7, 11) is 3.43. The molecule has 0 fully saturated rings. The standard InChI is InChI=1S/C20H21ClN8O/c1-11(27-20-17-19(24-9-23-17)25-10-26-20)13-7-12-5-4-6-14(21)16(12)28-18(13)22-8-15(30)29(2)3/h4-7,9-11H,8H2,1-3H3,(H,22,28)(H2,23,24,25,26,27)/t11-/m0/s1. The highest BCUT2D eigenvalue weighted by molar-refractivity contribution is 6.35. The summed E-state index contributed by atoms with van der Waals surface area (Å²) in [5.74, 6) is 1.16. The first kappa shape index (κ1) is 19.8. The molecular formula is C20H21ClN8O. The predicted molar refractivity (Wildman–Crippen MR) is 118 cm³/mol. The van der Waals surface area contributed by atoms with E-state index in [0.29, 0.717) is 27.8 Å². The van der Waals surface area contributed by atoms with E-state index >= 15 is 0 Å². The number of aromatic amines is 1. The van der Waals surface area contributed by atoms with Crippen molar-refractivity contribution in [2.24, 2.45) is 0 Å². The molecule has 1 aromatic carbocycles. The Balaban J connectivity index is 1.72. The molecule has 154 valence electrons. The highest BCUT2D eigenvalue weighted by Gasteiger charge is 2.18. The fraction of sp³-hybridized carbons (Fsp3) is 0.250. The molecule has 1 amide bonds. The van der Waals surface area contributed by atoms with E-state index in [1.807, 2.05) is 25.1 Å². The number of hydrogen-bond donors (Lipinski definition) is 3. The third-order valence-corrected chi connectivity index (χ3v) is 5.08. The van der Waals surface area contributed by atoms with E-state index in [4.69, 9.17) is 16.6 Å². The second-order valence-corrected chi connectivity index (χ2v) is 7.48. The van der Waals surface area contributed by atoms with Gasteiger partial charge in [-0.3, -0.25) is 4.79 Å². The Kier molecular flexibility index (Phi) is 5.37. The minimum Gasteiger partial charge on any atom is -0.362 e. The van der Waals surface area contributed by atoms with Crippen LogP contribution < -0.4 is 10.6 Å². The largest absolute Gasteiger partial charge is 0.362 e. The molecule has 9 nitrogen and oxygen atoms in total. The molecule has 1 atom stereocenters. The molecular weight excluding hydrogens is 404 g/mol. The minimum atomic E-state index is -0.181. The van der Waals surface area contributed by atoms with Crippen LogP contribution in [0.15, 0.2) is 36.9 Å². The summed E-state index contributed by atoms with van der Waals surface area (Å²) in [6.07, 6.45) is 3.04. The maximum absolute atomic E-state index is 12.1. The van der Waals surface area contributed by atoms with E-state index in [1.165, 1.54) is 11.2 Å². The molecule has 0 saturated carbocycles. The normalized spacial score (nSPS) is 12.1. The topological polar surface area (TPSA) is 112 Å². The molecule has 30 heavy (non-hydrogen) atoms. The molecule has 0 saturated heterocycles. The molecule has 3 aromatic heterocycles.